The standard InChI is InChI=1S/C16H15FO4/c1-11-3-2-4-14(15(11)17)21-10-9-20-13-7-5-12(6-8-13)16(18)19/h2-8H,9-10H2,1H3,(H,18,19). The molecule has 0 bridgehead atoms. The number of halogens is 1. The van der Waals surface area contributed by atoms with Crippen LogP contribution >= 0.6 is 0 Å². The van der Waals surface area contributed by atoms with Gasteiger partial charge in [0.15, 0.2) is 11.6 Å². The van der Waals surface area contributed by atoms with E-state index in [1.165, 1.54) is 12.1 Å². The molecule has 2 aromatic carbocycles. The molecule has 0 aliphatic carbocycles. The second-order valence-corrected chi connectivity index (χ2v) is 4.41. The first kappa shape index (κ1) is 14.8. The van der Waals surface area contributed by atoms with Crippen molar-refractivity contribution in [2.24, 2.45) is 0 Å². The molecule has 2 rings (SSSR count). The third kappa shape index (κ3) is 3.95. The molecule has 0 amide bonds. The van der Waals surface area contributed by atoms with Crippen molar-refractivity contribution in [3.63, 3.8) is 0 Å². The molecule has 110 valence electrons. The van der Waals surface area contributed by atoms with E-state index in [4.69, 9.17) is 14.6 Å². The maximum absolute atomic E-state index is 13.7. The molecular formula is C16H15FO4. The van der Waals surface area contributed by atoms with Gasteiger partial charge in [-0.15, -0.1) is 0 Å². The first-order valence-corrected chi connectivity index (χ1v) is 6.42. The summed E-state index contributed by atoms with van der Waals surface area (Å²) in [6, 6.07) is 11.0. The first-order valence-electron chi connectivity index (χ1n) is 6.42. The third-order valence-corrected chi connectivity index (χ3v) is 2.87. The first-order chi connectivity index (χ1) is 10.1. The predicted molar refractivity (Wildman–Crippen MR) is 75.5 cm³/mol. The Morgan fingerprint density at radius 3 is 2.43 bits per heavy atom. The Morgan fingerprint density at radius 2 is 1.76 bits per heavy atom. The van der Waals surface area contributed by atoms with Crippen LogP contribution in [0, 0.1) is 12.7 Å². The van der Waals surface area contributed by atoms with Crippen LogP contribution in [0.2, 0.25) is 0 Å². The van der Waals surface area contributed by atoms with Gasteiger partial charge >= 0.3 is 5.97 Å². The summed E-state index contributed by atoms with van der Waals surface area (Å²) in [5, 5.41) is 8.77. The Kier molecular flexibility index (Phi) is 4.77. The quantitative estimate of drug-likeness (QED) is 0.829. The SMILES string of the molecule is Cc1cccc(OCCOc2ccc(C(=O)O)cc2)c1F. The van der Waals surface area contributed by atoms with Crippen LogP contribution in [0.15, 0.2) is 42.5 Å². The van der Waals surface area contributed by atoms with Crippen molar-refractivity contribution in [1.82, 2.24) is 0 Å². The van der Waals surface area contributed by atoms with Crippen molar-refractivity contribution in [3.8, 4) is 11.5 Å². The summed E-state index contributed by atoms with van der Waals surface area (Å²) in [5.41, 5.74) is 0.720. The highest BCUT2D eigenvalue weighted by Crippen LogP contribution is 2.19. The van der Waals surface area contributed by atoms with Crippen molar-refractivity contribution < 1.29 is 23.8 Å². The van der Waals surface area contributed by atoms with Crippen LogP contribution in [0.1, 0.15) is 15.9 Å². The number of carboxylic acids is 1. The summed E-state index contributed by atoms with van der Waals surface area (Å²) in [7, 11) is 0. The lowest BCUT2D eigenvalue weighted by Crippen LogP contribution is -2.10. The fourth-order valence-electron chi connectivity index (χ4n) is 1.74. The molecule has 0 spiro atoms. The maximum atomic E-state index is 13.7. The molecule has 2 aromatic rings. The third-order valence-electron chi connectivity index (χ3n) is 2.87. The van der Waals surface area contributed by atoms with Crippen LogP contribution in [0.5, 0.6) is 11.5 Å². The van der Waals surface area contributed by atoms with Crippen LogP contribution in [-0.4, -0.2) is 24.3 Å². The van der Waals surface area contributed by atoms with Crippen molar-refractivity contribution in [1.29, 1.82) is 0 Å². The fourth-order valence-corrected chi connectivity index (χ4v) is 1.74. The predicted octanol–water partition coefficient (Wildman–Crippen LogP) is 3.29. The van der Waals surface area contributed by atoms with E-state index in [0.717, 1.165) is 0 Å². The lowest BCUT2D eigenvalue weighted by molar-refractivity contribution is 0.0697. The molecule has 0 saturated carbocycles. The van der Waals surface area contributed by atoms with Gasteiger partial charge in [0, 0.05) is 0 Å². The zero-order valence-corrected chi connectivity index (χ0v) is 11.5. The van der Waals surface area contributed by atoms with Crippen LogP contribution in [0.3, 0.4) is 0 Å². The molecule has 0 fully saturated rings. The molecule has 0 aliphatic rings. The molecule has 0 atom stereocenters. The lowest BCUT2D eigenvalue weighted by atomic mass is 10.2. The molecule has 5 heteroatoms. The Morgan fingerprint density at radius 1 is 1.10 bits per heavy atom. The average Bonchev–Trinajstić information content (AvgIpc) is 2.48. The zero-order valence-electron chi connectivity index (χ0n) is 11.5. The van der Waals surface area contributed by atoms with Gasteiger partial charge in [-0.05, 0) is 42.8 Å². The van der Waals surface area contributed by atoms with Crippen molar-refractivity contribution in [3.05, 3.63) is 59.4 Å². The maximum Gasteiger partial charge on any atom is 0.335 e. The van der Waals surface area contributed by atoms with Gasteiger partial charge in [0.25, 0.3) is 0 Å². The number of carbonyl (C=O) groups is 1. The molecule has 0 aliphatic heterocycles. The Balaban J connectivity index is 1.82. The van der Waals surface area contributed by atoms with E-state index < -0.39 is 5.97 Å². The minimum Gasteiger partial charge on any atom is -0.490 e. The summed E-state index contributed by atoms with van der Waals surface area (Å²) in [4.78, 5) is 10.7. The minimum atomic E-state index is -0.986. The van der Waals surface area contributed by atoms with E-state index >= 15 is 0 Å². The molecule has 0 heterocycles. The van der Waals surface area contributed by atoms with E-state index in [2.05, 4.69) is 0 Å². The van der Waals surface area contributed by atoms with Gasteiger partial charge in [-0.1, -0.05) is 12.1 Å². The van der Waals surface area contributed by atoms with Crippen LogP contribution in [0.25, 0.3) is 0 Å². The summed E-state index contributed by atoms with van der Waals surface area (Å²) in [5.74, 6) is -0.628. The summed E-state index contributed by atoms with van der Waals surface area (Å²) in [6.07, 6.45) is 0. The van der Waals surface area contributed by atoms with Gasteiger partial charge in [0.2, 0.25) is 0 Å². The Labute approximate surface area is 121 Å². The zero-order chi connectivity index (χ0) is 15.2. The second-order valence-electron chi connectivity index (χ2n) is 4.41. The Hall–Kier alpha value is -2.56. The van der Waals surface area contributed by atoms with Crippen LogP contribution in [-0.2, 0) is 0 Å². The topological polar surface area (TPSA) is 55.8 Å². The number of hydrogen-bond acceptors (Lipinski definition) is 3. The van der Waals surface area contributed by atoms with Crippen LogP contribution < -0.4 is 9.47 Å². The molecule has 0 aromatic heterocycles. The molecule has 0 radical (unpaired) electrons. The molecule has 0 saturated heterocycles. The average molecular weight is 290 g/mol. The van der Waals surface area contributed by atoms with Crippen molar-refractivity contribution >= 4 is 5.97 Å². The van der Waals surface area contributed by atoms with Gasteiger partial charge in [0.05, 0.1) is 5.56 Å². The second kappa shape index (κ2) is 6.74. The highest BCUT2D eigenvalue weighted by molar-refractivity contribution is 5.87. The van der Waals surface area contributed by atoms with Gasteiger partial charge < -0.3 is 14.6 Å². The van der Waals surface area contributed by atoms with E-state index in [9.17, 15) is 9.18 Å². The summed E-state index contributed by atoms with van der Waals surface area (Å²) >= 11 is 0. The van der Waals surface area contributed by atoms with Gasteiger partial charge in [-0.3, -0.25) is 0 Å². The number of benzene rings is 2. The number of aryl methyl sites for hydroxylation is 1. The van der Waals surface area contributed by atoms with E-state index in [0.29, 0.717) is 11.3 Å². The normalized spacial score (nSPS) is 10.2. The number of ether oxygens (including phenoxy) is 2. The molecule has 1 N–H and O–H groups in total. The highest BCUT2D eigenvalue weighted by Gasteiger charge is 2.06. The number of hydrogen-bond donors (Lipinski definition) is 1. The van der Waals surface area contributed by atoms with Gasteiger partial charge in [0.1, 0.15) is 19.0 Å². The summed E-state index contributed by atoms with van der Waals surface area (Å²) < 4.78 is 24.3. The van der Waals surface area contributed by atoms with E-state index in [1.807, 2.05) is 0 Å². The molecule has 4 nitrogen and oxygen atoms in total. The largest absolute Gasteiger partial charge is 0.490 e. The van der Waals surface area contributed by atoms with E-state index in [-0.39, 0.29) is 30.3 Å². The number of aromatic carboxylic acids is 1. The molecule has 0 unspecified atom stereocenters. The van der Waals surface area contributed by atoms with Crippen LogP contribution in [0.4, 0.5) is 4.39 Å². The fraction of sp³-hybridized carbons (Fsp3) is 0.188. The number of rotatable bonds is 6. The lowest BCUT2D eigenvalue weighted by Gasteiger charge is -2.10. The van der Waals surface area contributed by atoms with Crippen molar-refractivity contribution in [2.75, 3.05) is 13.2 Å². The minimum absolute atomic E-state index is 0.194. The van der Waals surface area contributed by atoms with E-state index in [1.54, 1.807) is 37.3 Å². The van der Waals surface area contributed by atoms with Gasteiger partial charge in [-0.25, -0.2) is 9.18 Å². The van der Waals surface area contributed by atoms with Crippen molar-refractivity contribution in [2.45, 2.75) is 6.92 Å². The monoisotopic (exact) mass is 290 g/mol. The highest BCUT2D eigenvalue weighted by atomic mass is 19.1. The summed E-state index contributed by atoms with van der Waals surface area (Å²) in [6.45, 7) is 2.10. The molecule has 21 heavy (non-hydrogen) atoms. The Bertz CT molecular complexity index is 623. The number of carboxylic acid groups (broad SMARTS) is 1. The smallest absolute Gasteiger partial charge is 0.335 e. The molecular weight excluding hydrogens is 275 g/mol. The van der Waals surface area contributed by atoms with Gasteiger partial charge in [-0.2, -0.15) is 0 Å².